The van der Waals surface area contributed by atoms with Crippen molar-refractivity contribution in [3.8, 4) is 0 Å². The number of carbonyl (C=O) groups is 1. The minimum atomic E-state index is -0.497. The monoisotopic (exact) mass is 248 g/mol. The average molecular weight is 248 g/mol. The number of anilines is 1. The van der Waals surface area contributed by atoms with Gasteiger partial charge in [-0.1, -0.05) is 38.5 Å². The molecule has 1 atom stereocenters. The maximum Gasteiger partial charge on any atom is 0.244 e. The Balaban J connectivity index is 3.00. The summed E-state index contributed by atoms with van der Waals surface area (Å²) in [6.07, 6.45) is 0. The molecule has 18 heavy (non-hydrogen) atoms. The maximum absolute atomic E-state index is 12.3. The van der Waals surface area contributed by atoms with Gasteiger partial charge in [-0.15, -0.1) is 0 Å². The molecule has 0 bridgehead atoms. The molecule has 1 aromatic carbocycles. The lowest BCUT2D eigenvalue weighted by atomic mass is 9.86. The van der Waals surface area contributed by atoms with Gasteiger partial charge in [0.2, 0.25) is 5.91 Å². The molecule has 0 heterocycles. The highest BCUT2D eigenvalue weighted by molar-refractivity contribution is 5.97. The van der Waals surface area contributed by atoms with Crippen LogP contribution < -0.4 is 10.6 Å². The van der Waals surface area contributed by atoms with Gasteiger partial charge in [-0.25, -0.2) is 0 Å². The van der Waals surface area contributed by atoms with Gasteiger partial charge in [0, 0.05) is 12.7 Å². The molecule has 0 aliphatic rings. The number of rotatable bonds is 2. The molecule has 1 aromatic rings. The van der Waals surface area contributed by atoms with Crippen LogP contribution in [0.3, 0.4) is 0 Å². The summed E-state index contributed by atoms with van der Waals surface area (Å²) in [5, 5.41) is 0. The summed E-state index contributed by atoms with van der Waals surface area (Å²) in [6.45, 7) is 9.98. The van der Waals surface area contributed by atoms with Gasteiger partial charge in [-0.05, 0) is 30.9 Å². The molecule has 1 unspecified atom stereocenters. The van der Waals surface area contributed by atoms with Crippen LogP contribution in [0.2, 0.25) is 0 Å². The summed E-state index contributed by atoms with van der Waals surface area (Å²) in [4.78, 5) is 14.0. The molecule has 0 fully saturated rings. The molecular weight excluding hydrogens is 224 g/mol. The van der Waals surface area contributed by atoms with Crippen LogP contribution in [0.25, 0.3) is 0 Å². The van der Waals surface area contributed by atoms with Crippen LogP contribution in [0.15, 0.2) is 18.2 Å². The Hall–Kier alpha value is -1.35. The largest absolute Gasteiger partial charge is 0.319 e. The Morgan fingerprint density at radius 3 is 2.28 bits per heavy atom. The van der Waals surface area contributed by atoms with Crippen molar-refractivity contribution >= 4 is 11.6 Å². The fourth-order valence-electron chi connectivity index (χ4n) is 1.88. The predicted octanol–water partition coefficient (Wildman–Crippen LogP) is 2.64. The van der Waals surface area contributed by atoms with E-state index in [0.29, 0.717) is 0 Å². The third-order valence-corrected chi connectivity index (χ3v) is 3.24. The second-order valence-electron chi connectivity index (χ2n) is 6.03. The zero-order valence-corrected chi connectivity index (χ0v) is 12.2. The van der Waals surface area contributed by atoms with Gasteiger partial charge in [0.15, 0.2) is 0 Å². The van der Waals surface area contributed by atoms with E-state index >= 15 is 0 Å². The topological polar surface area (TPSA) is 46.3 Å². The van der Waals surface area contributed by atoms with Crippen LogP contribution in [-0.2, 0) is 4.79 Å². The van der Waals surface area contributed by atoms with Crippen molar-refractivity contribution in [2.75, 3.05) is 11.9 Å². The van der Waals surface area contributed by atoms with Crippen LogP contribution in [-0.4, -0.2) is 19.0 Å². The Morgan fingerprint density at radius 1 is 1.28 bits per heavy atom. The average Bonchev–Trinajstić information content (AvgIpc) is 2.25. The van der Waals surface area contributed by atoms with Crippen LogP contribution >= 0.6 is 0 Å². The SMILES string of the molecule is Cc1ccc(N(C)C(=O)C(N)C(C)(C)C)c(C)c1. The van der Waals surface area contributed by atoms with Crippen molar-refractivity contribution < 1.29 is 4.79 Å². The number of carbonyl (C=O) groups excluding carboxylic acids is 1. The minimum absolute atomic E-state index is 0.0468. The quantitative estimate of drug-likeness (QED) is 0.874. The lowest BCUT2D eigenvalue weighted by Gasteiger charge is -2.30. The first kappa shape index (κ1) is 14.7. The Labute approximate surface area is 110 Å². The highest BCUT2D eigenvalue weighted by Gasteiger charge is 2.30. The summed E-state index contributed by atoms with van der Waals surface area (Å²) >= 11 is 0. The smallest absolute Gasteiger partial charge is 0.244 e. The molecule has 2 N–H and O–H groups in total. The summed E-state index contributed by atoms with van der Waals surface area (Å²) in [5.41, 5.74) is 8.99. The van der Waals surface area contributed by atoms with E-state index in [1.165, 1.54) is 5.56 Å². The van der Waals surface area contributed by atoms with E-state index in [2.05, 4.69) is 6.07 Å². The van der Waals surface area contributed by atoms with Crippen LogP contribution in [0.5, 0.6) is 0 Å². The highest BCUT2D eigenvalue weighted by Crippen LogP contribution is 2.24. The third-order valence-electron chi connectivity index (χ3n) is 3.24. The molecule has 0 spiro atoms. The summed E-state index contributed by atoms with van der Waals surface area (Å²) in [7, 11) is 1.78. The number of hydrogen-bond acceptors (Lipinski definition) is 2. The summed E-state index contributed by atoms with van der Waals surface area (Å²) in [5.74, 6) is -0.0468. The first-order chi connectivity index (χ1) is 8.14. The molecule has 0 radical (unpaired) electrons. The van der Waals surface area contributed by atoms with Crippen molar-refractivity contribution in [2.24, 2.45) is 11.1 Å². The molecule has 3 heteroatoms. The van der Waals surface area contributed by atoms with Gasteiger partial charge in [0.25, 0.3) is 0 Å². The predicted molar refractivity (Wildman–Crippen MR) is 76.8 cm³/mol. The van der Waals surface area contributed by atoms with Crippen LogP contribution in [0.4, 0.5) is 5.69 Å². The molecule has 0 saturated heterocycles. The first-order valence-electron chi connectivity index (χ1n) is 6.25. The van der Waals surface area contributed by atoms with Gasteiger partial charge < -0.3 is 10.6 Å². The fourth-order valence-corrected chi connectivity index (χ4v) is 1.88. The van der Waals surface area contributed by atoms with Gasteiger partial charge in [0.05, 0.1) is 6.04 Å². The number of hydrogen-bond donors (Lipinski definition) is 1. The standard InChI is InChI=1S/C15H24N2O/c1-10-7-8-12(11(2)9-10)17(6)14(18)13(16)15(3,4)5/h7-9,13H,16H2,1-6H3. The van der Waals surface area contributed by atoms with Gasteiger partial charge >= 0.3 is 0 Å². The molecule has 0 aliphatic heterocycles. The summed E-state index contributed by atoms with van der Waals surface area (Å²) in [6, 6.07) is 5.55. The number of aryl methyl sites for hydroxylation is 2. The number of amides is 1. The van der Waals surface area contributed by atoms with E-state index in [9.17, 15) is 4.79 Å². The lowest BCUT2D eigenvalue weighted by Crippen LogP contribution is -2.49. The van der Waals surface area contributed by atoms with E-state index in [1.807, 2.05) is 46.8 Å². The second-order valence-corrected chi connectivity index (χ2v) is 6.03. The van der Waals surface area contributed by atoms with Crippen molar-refractivity contribution in [1.82, 2.24) is 0 Å². The second kappa shape index (κ2) is 5.11. The van der Waals surface area contributed by atoms with E-state index in [4.69, 9.17) is 5.73 Å². The van der Waals surface area contributed by atoms with Crippen molar-refractivity contribution in [2.45, 2.75) is 40.7 Å². The Morgan fingerprint density at radius 2 is 1.83 bits per heavy atom. The van der Waals surface area contributed by atoms with Crippen LogP contribution in [0, 0.1) is 19.3 Å². The van der Waals surface area contributed by atoms with Gasteiger partial charge in [-0.3, -0.25) is 4.79 Å². The number of nitrogens with two attached hydrogens (primary N) is 1. The molecule has 0 aromatic heterocycles. The van der Waals surface area contributed by atoms with Gasteiger partial charge in [0.1, 0.15) is 0 Å². The van der Waals surface area contributed by atoms with E-state index in [0.717, 1.165) is 11.3 Å². The highest BCUT2D eigenvalue weighted by atomic mass is 16.2. The molecule has 1 amide bonds. The molecule has 0 aliphatic carbocycles. The zero-order valence-electron chi connectivity index (χ0n) is 12.2. The molecular formula is C15H24N2O. The van der Waals surface area contributed by atoms with E-state index < -0.39 is 6.04 Å². The Kier molecular flexibility index (Phi) is 4.17. The van der Waals surface area contributed by atoms with Crippen LogP contribution in [0.1, 0.15) is 31.9 Å². The molecule has 100 valence electrons. The number of nitrogens with zero attached hydrogens (tertiary/aromatic N) is 1. The van der Waals surface area contributed by atoms with Crippen molar-refractivity contribution in [3.05, 3.63) is 29.3 Å². The van der Waals surface area contributed by atoms with Crippen molar-refractivity contribution in [3.63, 3.8) is 0 Å². The minimum Gasteiger partial charge on any atom is -0.319 e. The van der Waals surface area contributed by atoms with Crippen molar-refractivity contribution in [1.29, 1.82) is 0 Å². The lowest BCUT2D eigenvalue weighted by molar-refractivity contribution is -0.121. The molecule has 0 saturated carbocycles. The maximum atomic E-state index is 12.3. The first-order valence-corrected chi connectivity index (χ1v) is 6.25. The van der Waals surface area contributed by atoms with E-state index in [-0.39, 0.29) is 11.3 Å². The van der Waals surface area contributed by atoms with Gasteiger partial charge in [-0.2, -0.15) is 0 Å². The summed E-state index contributed by atoms with van der Waals surface area (Å²) < 4.78 is 0. The molecule has 3 nitrogen and oxygen atoms in total. The normalized spacial score (nSPS) is 13.3. The molecule has 1 rings (SSSR count). The number of benzene rings is 1. The van der Waals surface area contributed by atoms with E-state index in [1.54, 1.807) is 11.9 Å². The zero-order chi connectivity index (χ0) is 14.1. The number of likely N-dealkylation sites (N-methyl/N-ethyl adjacent to an activating group) is 1. The Bertz CT molecular complexity index is 446. The fraction of sp³-hybridized carbons (Fsp3) is 0.533. The third kappa shape index (κ3) is 3.10.